The second kappa shape index (κ2) is 3.55. The van der Waals surface area contributed by atoms with Gasteiger partial charge in [-0.05, 0) is 18.2 Å². The lowest BCUT2D eigenvalue weighted by Gasteiger charge is -2.28. The Morgan fingerprint density at radius 2 is 2.23 bits per heavy atom. The van der Waals surface area contributed by atoms with Crippen LogP contribution in [0.4, 0.5) is 11.4 Å². The first-order chi connectivity index (χ1) is 6.25. The number of anilines is 2. The van der Waals surface area contributed by atoms with E-state index >= 15 is 0 Å². The van der Waals surface area contributed by atoms with Gasteiger partial charge in [0.15, 0.2) is 0 Å². The van der Waals surface area contributed by atoms with Crippen LogP contribution in [0.1, 0.15) is 0 Å². The number of hydrogen-bond donors (Lipinski definition) is 2. The monoisotopic (exact) mass is 242 g/mol. The lowest BCUT2D eigenvalue weighted by Crippen LogP contribution is -2.40. The molecular weight excluding hydrogens is 232 g/mol. The van der Waals surface area contributed by atoms with Crippen molar-refractivity contribution < 1.29 is 4.74 Å². The summed E-state index contributed by atoms with van der Waals surface area (Å²) in [5, 5.41) is 3.31. The predicted molar refractivity (Wildman–Crippen MR) is 56.8 cm³/mol. The molecule has 0 saturated carbocycles. The molecule has 0 unspecified atom stereocenters. The average molecular weight is 243 g/mol. The van der Waals surface area contributed by atoms with Gasteiger partial charge in [0.25, 0.3) is 0 Å². The first kappa shape index (κ1) is 8.84. The second-order valence-electron chi connectivity index (χ2n) is 3.11. The van der Waals surface area contributed by atoms with E-state index in [1.54, 1.807) is 0 Å². The van der Waals surface area contributed by atoms with Gasteiger partial charge in [-0.15, -0.1) is 0 Å². The fourth-order valence-corrected chi connectivity index (χ4v) is 1.55. The first-order valence-corrected chi connectivity index (χ1v) is 4.94. The number of halogens is 1. The van der Waals surface area contributed by atoms with Crippen LogP contribution in [0.25, 0.3) is 0 Å². The minimum absolute atomic E-state index is 0.414. The Kier molecular flexibility index (Phi) is 2.42. The molecule has 1 heterocycles. The molecular formula is C9H11BrN2O. The number of nitrogens with one attached hydrogen (secondary N) is 1. The van der Waals surface area contributed by atoms with Crippen LogP contribution in [0.3, 0.4) is 0 Å². The van der Waals surface area contributed by atoms with Gasteiger partial charge in [0.2, 0.25) is 0 Å². The SMILES string of the molecule is Nc1ccc(Br)cc1NC1COC1. The van der Waals surface area contributed by atoms with Crippen molar-refractivity contribution in [1.29, 1.82) is 0 Å². The normalized spacial score (nSPS) is 16.7. The standard InChI is InChI=1S/C9H11BrN2O/c10-6-1-2-8(11)9(3-6)12-7-4-13-5-7/h1-3,7,12H,4-5,11H2. The minimum atomic E-state index is 0.414. The van der Waals surface area contributed by atoms with Gasteiger partial charge in [-0.1, -0.05) is 15.9 Å². The molecule has 1 aliphatic rings. The fourth-order valence-electron chi connectivity index (χ4n) is 1.19. The van der Waals surface area contributed by atoms with Crippen molar-refractivity contribution in [2.24, 2.45) is 0 Å². The quantitative estimate of drug-likeness (QED) is 0.779. The first-order valence-electron chi connectivity index (χ1n) is 4.15. The predicted octanol–water partition coefficient (Wildman–Crippen LogP) is 1.84. The van der Waals surface area contributed by atoms with E-state index in [0.29, 0.717) is 6.04 Å². The van der Waals surface area contributed by atoms with E-state index < -0.39 is 0 Å². The van der Waals surface area contributed by atoms with E-state index in [-0.39, 0.29) is 0 Å². The van der Waals surface area contributed by atoms with Gasteiger partial charge in [0.05, 0.1) is 30.6 Å². The Bertz CT molecular complexity index is 312. The molecule has 0 aromatic heterocycles. The van der Waals surface area contributed by atoms with Crippen LogP contribution in [-0.4, -0.2) is 19.3 Å². The van der Waals surface area contributed by atoms with Gasteiger partial charge in [-0.25, -0.2) is 0 Å². The molecule has 3 nitrogen and oxygen atoms in total. The molecule has 0 radical (unpaired) electrons. The smallest absolute Gasteiger partial charge is 0.0729 e. The Labute approximate surface area is 85.4 Å². The Hall–Kier alpha value is -0.740. The van der Waals surface area contributed by atoms with Crippen LogP contribution >= 0.6 is 15.9 Å². The van der Waals surface area contributed by atoms with E-state index in [1.807, 2.05) is 18.2 Å². The highest BCUT2D eigenvalue weighted by Gasteiger charge is 2.18. The van der Waals surface area contributed by atoms with Gasteiger partial charge in [0, 0.05) is 4.47 Å². The van der Waals surface area contributed by atoms with E-state index in [4.69, 9.17) is 10.5 Å². The third-order valence-corrected chi connectivity index (χ3v) is 2.51. The molecule has 0 amide bonds. The maximum Gasteiger partial charge on any atom is 0.0729 e. The number of benzene rings is 1. The molecule has 1 saturated heterocycles. The number of hydrogen-bond acceptors (Lipinski definition) is 3. The van der Waals surface area contributed by atoms with Crippen LogP contribution in [0.15, 0.2) is 22.7 Å². The number of nitrogens with two attached hydrogens (primary N) is 1. The average Bonchev–Trinajstić information content (AvgIpc) is 2.03. The number of ether oxygens (including phenoxy) is 1. The molecule has 0 spiro atoms. The van der Waals surface area contributed by atoms with E-state index in [0.717, 1.165) is 29.1 Å². The van der Waals surface area contributed by atoms with Gasteiger partial charge < -0.3 is 15.8 Å². The van der Waals surface area contributed by atoms with E-state index in [2.05, 4.69) is 21.2 Å². The van der Waals surface area contributed by atoms with Crippen molar-refractivity contribution >= 4 is 27.3 Å². The summed E-state index contributed by atoms with van der Waals surface area (Å²) in [5.74, 6) is 0. The molecule has 1 fully saturated rings. The number of nitrogen functional groups attached to an aromatic ring is 1. The summed E-state index contributed by atoms with van der Waals surface area (Å²) >= 11 is 3.40. The zero-order valence-electron chi connectivity index (χ0n) is 7.09. The summed E-state index contributed by atoms with van der Waals surface area (Å²) in [6.45, 7) is 1.54. The third-order valence-electron chi connectivity index (χ3n) is 2.01. The Balaban J connectivity index is 2.13. The summed E-state index contributed by atoms with van der Waals surface area (Å²) in [6, 6.07) is 6.20. The molecule has 4 heteroatoms. The Morgan fingerprint density at radius 3 is 2.85 bits per heavy atom. The molecule has 3 N–H and O–H groups in total. The van der Waals surface area contributed by atoms with Crippen LogP contribution in [-0.2, 0) is 4.74 Å². The lowest BCUT2D eigenvalue weighted by molar-refractivity contribution is 0.0211. The largest absolute Gasteiger partial charge is 0.397 e. The fraction of sp³-hybridized carbons (Fsp3) is 0.333. The van der Waals surface area contributed by atoms with Gasteiger partial charge in [0.1, 0.15) is 0 Å². The van der Waals surface area contributed by atoms with Crippen molar-refractivity contribution in [3.05, 3.63) is 22.7 Å². The second-order valence-corrected chi connectivity index (χ2v) is 4.03. The van der Waals surface area contributed by atoms with Crippen molar-refractivity contribution in [2.75, 3.05) is 24.3 Å². The van der Waals surface area contributed by atoms with Crippen molar-refractivity contribution in [2.45, 2.75) is 6.04 Å². The zero-order chi connectivity index (χ0) is 9.26. The highest BCUT2D eigenvalue weighted by atomic mass is 79.9. The topological polar surface area (TPSA) is 47.3 Å². The van der Waals surface area contributed by atoms with Gasteiger partial charge in [-0.2, -0.15) is 0 Å². The molecule has 2 rings (SSSR count). The Morgan fingerprint density at radius 1 is 1.46 bits per heavy atom. The molecule has 1 aromatic carbocycles. The molecule has 0 aliphatic carbocycles. The van der Waals surface area contributed by atoms with Gasteiger partial charge >= 0.3 is 0 Å². The minimum Gasteiger partial charge on any atom is -0.397 e. The highest BCUT2D eigenvalue weighted by Crippen LogP contribution is 2.24. The summed E-state index contributed by atoms with van der Waals surface area (Å²) in [6.07, 6.45) is 0. The lowest BCUT2D eigenvalue weighted by atomic mass is 10.2. The molecule has 70 valence electrons. The summed E-state index contributed by atoms with van der Waals surface area (Å²) < 4.78 is 6.09. The van der Waals surface area contributed by atoms with Crippen molar-refractivity contribution in [3.8, 4) is 0 Å². The van der Waals surface area contributed by atoms with Crippen LogP contribution in [0, 0.1) is 0 Å². The van der Waals surface area contributed by atoms with Crippen LogP contribution in [0.5, 0.6) is 0 Å². The highest BCUT2D eigenvalue weighted by molar-refractivity contribution is 9.10. The summed E-state index contributed by atoms with van der Waals surface area (Å²) in [4.78, 5) is 0. The van der Waals surface area contributed by atoms with Crippen LogP contribution < -0.4 is 11.1 Å². The molecule has 13 heavy (non-hydrogen) atoms. The van der Waals surface area contributed by atoms with Crippen molar-refractivity contribution in [1.82, 2.24) is 0 Å². The molecule has 0 atom stereocenters. The summed E-state index contributed by atoms with van der Waals surface area (Å²) in [5.41, 5.74) is 7.54. The number of rotatable bonds is 2. The van der Waals surface area contributed by atoms with E-state index in [1.165, 1.54) is 0 Å². The maximum atomic E-state index is 5.79. The molecule has 0 bridgehead atoms. The summed E-state index contributed by atoms with van der Waals surface area (Å²) in [7, 11) is 0. The van der Waals surface area contributed by atoms with Gasteiger partial charge in [-0.3, -0.25) is 0 Å². The van der Waals surface area contributed by atoms with E-state index in [9.17, 15) is 0 Å². The molecule has 1 aliphatic heterocycles. The van der Waals surface area contributed by atoms with Crippen LogP contribution in [0.2, 0.25) is 0 Å². The van der Waals surface area contributed by atoms with Crippen molar-refractivity contribution in [3.63, 3.8) is 0 Å². The maximum absolute atomic E-state index is 5.79. The molecule has 1 aromatic rings. The third kappa shape index (κ3) is 1.95. The zero-order valence-corrected chi connectivity index (χ0v) is 8.67.